The first-order valence-corrected chi connectivity index (χ1v) is 8.71. The molecule has 0 aliphatic carbocycles. The van der Waals surface area contributed by atoms with Crippen LogP contribution in [-0.4, -0.2) is 56.7 Å². The van der Waals surface area contributed by atoms with Gasteiger partial charge >= 0.3 is 6.18 Å². The fraction of sp³-hybridized carbons (Fsp3) is 0.471. The quantitative estimate of drug-likeness (QED) is 0.749. The van der Waals surface area contributed by atoms with Crippen LogP contribution in [0.2, 0.25) is 0 Å². The summed E-state index contributed by atoms with van der Waals surface area (Å²) in [6.45, 7) is 1.92. The second-order valence-electron chi connectivity index (χ2n) is 7.06. The number of aromatic nitrogens is 4. The molecule has 0 spiro atoms. The van der Waals surface area contributed by atoms with Crippen molar-refractivity contribution in [3.63, 3.8) is 0 Å². The predicted molar refractivity (Wildman–Crippen MR) is 91.6 cm³/mol. The van der Waals surface area contributed by atoms with Crippen molar-refractivity contribution in [2.45, 2.75) is 6.18 Å². The van der Waals surface area contributed by atoms with Crippen molar-refractivity contribution in [2.24, 2.45) is 18.9 Å². The molecule has 1 amide bonds. The molecule has 4 heterocycles. The average Bonchev–Trinajstić information content (AvgIpc) is 3.22. The van der Waals surface area contributed by atoms with Gasteiger partial charge in [-0.1, -0.05) is 0 Å². The summed E-state index contributed by atoms with van der Waals surface area (Å²) in [5.74, 6) is 0.0398. The minimum absolute atomic E-state index is 0.0572. The lowest BCUT2D eigenvalue weighted by Crippen LogP contribution is -2.35. The minimum Gasteiger partial charge on any atom is -0.340 e. The highest BCUT2D eigenvalue weighted by atomic mass is 19.4. The van der Waals surface area contributed by atoms with Crippen LogP contribution < -0.4 is 10.5 Å². The summed E-state index contributed by atoms with van der Waals surface area (Å²) in [6, 6.07) is 3.55. The summed E-state index contributed by atoms with van der Waals surface area (Å²) in [6.07, 6.45) is -3.40. The molecule has 2 aliphatic heterocycles. The van der Waals surface area contributed by atoms with Crippen LogP contribution in [0.15, 0.2) is 29.2 Å². The number of nitrogens with zero attached hydrogens (tertiary/aromatic N) is 6. The van der Waals surface area contributed by atoms with Crippen LogP contribution in [0.25, 0.3) is 0 Å². The molecule has 4 rings (SSSR count). The van der Waals surface area contributed by atoms with Gasteiger partial charge in [0.15, 0.2) is 0 Å². The summed E-state index contributed by atoms with van der Waals surface area (Å²) in [5, 5.41) is 3.98. The number of halogens is 3. The number of hydrogen-bond donors (Lipinski definition) is 0. The molecule has 0 saturated carbocycles. The van der Waals surface area contributed by atoms with E-state index in [-0.39, 0.29) is 34.9 Å². The molecular weight excluding hydrogens is 377 g/mol. The molecular formula is C17H17F3N6O2. The Kier molecular flexibility index (Phi) is 4.31. The number of fused-ring (bicyclic) bond motifs is 1. The summed E-state index contributed by atoms with van der Waals surface area (Å²) >= 11 is 0. The molecule has 0 aromatic carbocycles. The standard InChI is InChI=1S/C17H17F3N6O2/c1-24-14(27)3-2-12(23-24)15(28)25-6-10-8-26(9-11(10)7-25)16-21-5-4-13(22-16)17(18,19)20/h2-5,10-11H,6-9H2,1H3. The van der Waals surface area contributed by atoms with Crippen molar-refractivity contribution in [1.82, 2.24) is 24.6 Å². The van der Waals surface area contributed by atoms with Gasteiger partial charge in [-0.05, 0) is 12.1 Å². The lowest BCUT2D eigenvalue weighted by atomic mass is 10.0. The molecule has 2 atom stereocenters. The molecule has 0 radical (unpaired) electrons. The van der Waals surface area contributed by atoms with Gasteiger partial charge in [0.05, 0.1) is 0 Å². The Morgan fingerprint density at radius 1 is 1.11 bits per heavy atom. The maximum absolute atomic E-state index is 12.9. The number of carbonyl (C=O) groups excluding carboxylic acids is 1. The van der Waals surface area contributed by atoms with Crippen LogP contribution in [0.4, 0.5) is 19.1 Å². The Labute approximate surface area is 157 Å². The topological polar surface area (TPSA) is 84.2 Å². The SMILES string of the molecule is Cn1nc(C(=O)N2CC3CN(c4nccc(C(F)(F)F)n4)CC3C2)ccc1=O. The first-order valence-electron chi connectivity index (χ1n) is 8.71. The molecule has 2 fully saturated rings. The molecule has 2 aromatic heterocycles. The van der Waals surface area contributed by atoms with E-state index in [1.807, 2.05) is 0 Å². The number of likely N-dealkylation sites (tertiary alicyclic amines) is 1. The van der Waals surface area contributed by atoms with Gasteiger partial charge in [0, 0.05) is 57.3 Å². The highest BCUT2D eigenvalue weighted by Crippen LogP contribution is 2.34. The molecule has 11 heteroatoms. The van der Waals surface area contributed by atoms with E-state index >= 15 is 0 Å². The molecule has 28 heavy (non-hydrogen) atoms. The van der Waals surface area contributed by atoms with E-state index in [1.165, 1.54) is 19.2 Å². The van der Waals surface area contributed by atoms with Crippen molar-refractivity contribution >= 4 is 11.9 Å². The van der Waals surface area contributed by atoms with E-state index in [4.69, 9.17) is 0 Å². The molecule has 2 aromatic rings. The molecule has 2 aliphatic rings. The van der Waals surface area contributed by atoms with E-state index in [2.05, 4.69) is 15.1 Å². The third-order valence-electron chi connectivity index (χ3n) is 5.17. The Morgan fingerprint density at radius 3 is 2.39 bits per heavy atom. The van der Waals surface area contributed by atoms with Crippen molar-refractivity contribution in [3.8, 4) is 0 Å². The van der Waals surface area contributed by atoms with Crippen molar-refractivity contribution in [3.05, 3.63) is 46.1 Å². The number of anilines is 1. The monoisotopic (exact) mass is 394 g/mol. The van der Waals surface area contributed by atoms with Crippen molar-refractivity contribution in [2.75, 3.05) is 31.1 Å². The van der Waals surface area contributed by atoms with Crippen LogP contribution >= 0.6 is 0 Å². The summed E-state index contributed by atoms with van der Waals surface area (Å²) in [7, 11) is 1.48. The van der Waals surface area contributed by atoms with E-state index < -0.39 is 11.9 Å². The molecule has 8 nitrogen and oxygen atoms in total. The summed E-state index contributed by atoms with van der Waals surface area (Å²) < 4.78 is 39.7. The van der Waals surface area contributed by atoms with Gasteiger partial charge in [0.25, 0.3) is 11.5 Å². The van der Waals surface area contributed by atoms with E-state index in [1.54, 1.807) is 9.80 Å². The van der Waals surface area contributed by atoms with Crippen molar-refractivity contribution < 1.29 is 18.0 Å². The molecule has 0 bridgehead atoms. The smallest absolute Gasteiger partial charge is 0.340 e. The highest BCUT2D eigenvalue weighted by molar-refractivity contribution is 5.92. The fourth-order valence-corrected chi connectivity index (χ4v) is 3.76. The van der Waals surface area contributed by atoms with Gasteiger partial charge in [-0.2, -0.15) is 18.3 Å². The Hall–Kier alpha value is -2.98. The molecule has 2 saturated heterocycles. The fourth-order valence-electron chi connectivity index (χ4n) is 3.76. The highest BCUT2D eigenvalue weighted by Gasteiger charge is 2.43. The van der Waals surface area contributed by atoms with E-state index in [0.29, 0.717) is 26.2 Å². The van der Waals surface area contributed by atoms with Crippen LogP contribution in [0.5, 0.6) is 0 Å². The van der Waals surface area contributed by atoms with Crippen LogP contribution in [-0.2, 0) is 13.2 Å². The first kappa shape index (κ1) is 18.4. The zero-order valence-electron chi connectivity index (χ0n) is 14.9. The zero-order valence-corrected chi connectivity index (χ0v) is 14.9. The zero-order chi connectivity index (χ0) is 20.1. The Bertz CT molecular complexity index is 962. The van der Waals surface area contributed by atoms with Gasteiger partial charge in [0.1, 0.15) is 11.4 Å². The number of alkyl halides is 3. The number of amides is 1. The average molecular weight is 394 g/mol. The second kappa shape index (κ2) is 6.57. The maximum Gasteiger partial charge on any atom is 0.433 e. The van der Waals surface area contributed by atoms with Crippen molar-refractivity contribution in [1.29, 1.82) is 0 Å². The third-order valence-corrected chi connectivity index (χ3v) is 5.17. The maximum atomic E-state index is 12.9. The molecule has 0 N–H and O–H groups in total. The summed E-state index contributed by atoms with van der Waals surface area (Å²) in [5.41, 5.74) is -1.07. The van der Waals surface area contributed by atoms with Crippen LogP contribution in [0.3, 0.4) is 0 Å². The first-order chi connectivity index (χ1) is 13.2. The van der Waals surface area contributed by atoms with Gasteiger partial charge in [-0.15, -0.1) is 0 Å². The number of hydrogen-bond acceptors (Lipinski definition) is 6. The largest absolute Gasteiger partial charge is 0.433 e. The molecule has 148 valence electrons. The minimum atomic E-state index is -4.51. The number of aryl methyl sites for hydroxylation is 1. The van der Waals surface area contributed by atoms with Gasteiger partial charge in [-0.25, -0.2) is 14.6 Å². The van der Waals surface area contributed by atoms with E-state index in [9.17, 15) is 22.8 Å². The van der Waals surface area contributed by atoms with Gasteiger partial charge in [-0.3, -0.25) is 9.59 Å². The third kappa shape index (κ3) is 3.32. The van der Waals surface area contributed by atoms with E-state index in [0.717, 1.165) is 16.9 Å². The van der Waals surface area contributed by atoms with Gasteiger partial charge in [0.2, 0.25) is 5.95 Å². The van der Waals surface area contributed by atoms with Gasteiger partial charge < -0.3 is 9.80 Å². The normalized spacial score (nSPS) is 21.9. The molecule has 2 unspecified atom stereocenters. The Balaban J connectivity index is 1.44. The summed E-state index contributed by atoms with van der Waals surface area (Å²) in [4.78, 5) is 35.1. The lowest BCUT2D eigenvalue weighted by molar-refractivity contribution is -0.141. The number of rotatable bonds is 2. The predicted octanol–water partition coefficient (Wildman–Crippen LogP) is 0.797. The lowest BCUT2D eigenvalue weighted by Gasteiger charge is -2.22. The number of carbonyl (C=O) groups is 1. The van der Waals surface area contributed by atoms with Crippen LogP contribution in [0.1, 0.15) is 16.2 Å². The second-order valence-corrected chi connectivity index (χ2v) is 7.06. The van der Waals surface area contributed by atoms with Crippen LogP contribution in [0, 0.1) is 11.8 Å². The Morgan fingerprint density at radius 2 is 1.79 bits per heavy atom.